The third kappa shape index (κ3) is 3.37. The molecule has 15 heavy (non-hydrogen) atoms. The second kappa shape index (κ2) is 5.52. The van der Waals surface area contributed by atoms with Crippen molar-refractivity contribution in [2.75, 3.05) is 18.1 Å². The van der Waals surface area contributed by atoms with Crippen LogP contribution in [0.2, 0.25) is 0 Å². The van der Waals surface area contributed by atoms with E-state index >= 15 is 0 Å². The van der Waals surface area contributed by atoms with Gasteiger partial charge in [-0.05, 0) is 19.1 Å². The summed E-state index contributed by atoms with van der Waals surface area (Å²) < 4.78 is 11.1. The number of anilines is 1. The van der Waals surface area contributed by atoms with Crippen molar-refractivity contribution in [3.63, 3.8) is 0 Å². The van der Waals surface area contributed by atoms with Crippen molar-refractivity contribution >= 4 is 16.5 Å². The normalized spacial score (nSPS) is 13.9. The summed E-state index contributed by atoms with van der Waals surface area (Å²) in [5, 5.41) is 12.1. The van der Waals surface area contributed by atoms with Crippen molar-refractivity contribution in [1.82, 2.24) is 0 Å². The van der Waals surface area contributed by atoms with E-state index in [1.165, 1.54) is 0 Å². The zero-order valence-electron chi connectivity index (χ0n) is 8.86. The lowest BCUT2D eigenvalue weighted by Crippen LogP contribution is -2.20. The monoisotopic (exact) mass is 222 g/mol. The lowest BCUT2D eigenvalue weighted by Gasteiger charge is -2.11. The molecule has 0 aliphatic rings. The molecular formula is C11H14N2OS. The lowest BCUT2D eigenvalue weighted by molar-refractivity contribution is 0.679. The van der Waals surface area contributed by atoms with Gasteiger partial charge in [0.05, 0.1) is 11.3 Å². The smallest absolute Gasteiger partial charge is 0.101 e. The first-order valence-electron chi connectivity index (χ1n) is 4.70. The van der Waals surface area contributed by atoms with Gasteiger partial charge in [-0.2, -0.15) is 5.26 Å². The average Bonchev–Trinajstić information content (AvgIpc) is 2.26. The Bertz CT molecular complexity index is 398. The number of benzene rings is 1. The Morgan fingerprint density at radius 2 is 2.20 bits per heavy atom. The molecule has 0 saturated carbocycles. The molecule has 0 aliphatic carbocycles. The molecule has 0 saturated heterocycles. The van der Waals surface area contributed by atoms with Crippen LogP contribution in [0.3, 0.4) is 0 Å². The number of nitriles is 1. The maximum atomic E-state index is 11.1. The van der Waals surface area contributed by atoms with Gasteiger partial charge in [-0.25, -0.2) is 0 Å². The fraction of sp³-hybridized carbons (Fsp3) is 0.364. The van der Waals surface area contributed by atoms with Crippen molar-refractivity contribution in [2.24, 2.45) is 0 Å². The van der Waals surface area contributed by atoms with Crippen LogP contribution in [-0.2, 0) is 10.8 Å². The van der Waals surface area contributed by atoms with Gasteiger partial charge >= 0.3 is 0 Å². The summed E-state index contributed by atoms with van der Waals surface area (Å²) in [5.41, 5.74) is 1.42. The van der Waals surface area contributed by atoms with Crippen LogP contribution in [-0.4, -0.2) is 22.3 Å². The van der Waals surface area contributed by atoms with E-state index in [0.717, 1.165) is 5.69 Å². The fourth-order valence-electron chi connectivity index (χ4n) is 1.11. The minimum atomic E-state index is -0.838. The maximum Gasteiger partial charge on any atom is 0.101 e. The number of hydrogen-bond donors (Lipinski definition) is 1. The molecule has 0 aromatic heterocycles. The number of para-hydroxylation sites is 1. The predicted octanol–water partition coefficient (Wildman–Crippen LogP) is 1.74. The van der Waals surface area contributed by atoms with E-state index in [-0.39, 0.29) is 5.25 Å². The highest BCUT2D eigenvalue weighted by molar-refractivity contribution is 7.84. The zero-order valence-corrected chi connectivity index (χ0v) is 9.67. The first-order valence-corrected chi connectivity index (χ1v) is 6.32. The molecular weight excluding hydrogens is 208 g/mol. The van der Waals surface area contributed by atoms with Gasteiger partial charge in [0.15, 0.2) is 0 Å². The van der Waals surface area contributed by atoms with E-state index in [1.54, 1.807) is 12.3 Å². The Morgan fingerprint density at radius 1 is 1.53 bits per heavy atom. The van der Waals surface area contributed by atoms with Crippen molar-refractivity contribution in [2.45, 2.75) is 12.2 Å². The Balaban J connectivity index is 2.66. The maximum absolute atomic E-state index is 11.1. The van der Waals surface area contributed by atoms with E-state index < -0.39 is 10.8 Å². The van der Waals surface area contributed by atoms with E-state index in [0.29, 0.717) is 12.1 Å². The third-order valence-corrected chi connectivity index (χ3v) is 3.49. The van der Waals surface area contributed by atoms with Gasteiger partial charge in [0.1, 0.15) is 6.07 Å². The first kappa shape index (κ1) is 11.7. The second-order valence-electron chi connectivity index (χ2n) is 3.35. The van der Waals surface area contributed by atoms with Crippen molar-refractivity contribution < 1.29 is 4.21 Å². The van der Waals surface area contributed by atoms with Gasteiger partial charge < -0.3 is 5.32 Å². The molecule has 1 aromatic carbocycles. The van der Waals surface area contributed by atoms with Gasteiger partial charge in [0, 0.05) is 28.9 Å². The predicted molar refractivity (Wildman–Crippen MR) is 63.2 cm³/mol. The van der Waals surface area contributed by atoms with Crippen LogP contribution in [0.5, 0.6) is 0 Å². The van der Waals surface area contributed by atoms with Gasteiger partial charge in [-0.3, -0.25) is 4.21 Å². The molecule has 1 N–H and O–H groups in total. The van der Waals surface area contributed by atoms with E-state index in [2.05, 4.69) is 11.4 Å². The molecule has 4 heteroatoms. The van der Waals surface area contributed by atoms with Crippen LogP contribution >= 0.6 is 0 Å². The molecule has 2 unspecified atom stereocenters. The summed E-state index contributed by atoms with van der Waals surface area (Å²) >= 11 is 0. The van der Waals surface area contributed by atoms with Crippen molar-refractivity contribution in [1.29, 1.82) is 5.26 Å². The molecule has 0 radical (unpaired) electrons. The van der Waals surface area contributed by atoms with E-state index in [9.17, 15) is 4.21 Å². The van der Waals surface area contributed by atoms with Crippen molar-refractivity contribution in [3.05, 3.63) is 29.8 Å². The van der Waals surface area contributed by atoms with Gasteiger partial charge in [-0.15, -0.1) is 0 Å². The lowest BCUT2D eigenvalue weighted by atomic mass is 10.2. The van der Waals surface area contributed by atoms with Gasteiger partial charge in [0.25, 0.3) is 0 Å². The summed E-state index contributed by atoms with van der Waals surface area (Å²) in [6.45, 7) is 2.53. The Kier molecular flexibility index (Phi) is 4.32. The Hall–Kier alpha value is -1.34. The first-order chi connectivity index (χ1) is 7.15. The molecule has 80 valence electrons. The Labute approximate surface area is 92.6 Å². The average molecular weight is 222 g/mol. The molecule has 0 aliphatic heterocycles. The summed E-state index contributed by atoms with van der Waals surface area (Å²) in [6.07, 6.45) is 1.68. The van der Waals surface area contributed by atoms with Crippen molar-refractivity contribution in [3.8, 4) is 6.07 Å². The number of nitrogens with zero attached hydrogens (tertiary/aromatic N) is 1. The fourth-order valence-corrected chi connectivity index (χ4v) is 1.42. The minimum Gasteiger partial charge on any atom is -0.383 e. The molecule has 0 amide bonds. The summed E-state index contributed by atoms with van der Waals surface area (Å²) in [7, 11) is -0.838. The van der Waals surface area contributed by atoms with Gasteiger partial charge in [-0.1, -0.05) is 12.1 Å². The molecule has 0 heterocycles. The zero-order chi connectivity index (χ0) is 11.3. The molecule has 0 fully saturated rings. The number of hydrogen-bond acceptors (Lipinski definition) is 3. The molecule has 0 bridgehead atoms. The minimum absolute atomic E-state index is 0.0803. The van der Waals surface area contributed by atoms with E-state index in [1.807, 2.05) is 25.1 Å². The molecule has 3 nitrogen and oxygen atoms in total. The highest BCUT2D eigenvalue weighted by atomic mass is 32.2. The van der Waals surface area contributed by atoms with Crippen LogP contribution in [0.4, 0.5) is 5.69 Å². The number of rotatable bonds is 4. The topological polar surface area (TPSA) is 52.9 Å². The molecule has 0 spiro atoms. The third-order valence-electron chi connectivity index (χ3n) is 2.19. The number of nitrogens with one attached hydrogen (secondary N) is 1. The Morgan fingerprint density at radius 3 is 2.80 bits per heavy atom. The second-order valence-corrected chi connectivity index (χ2v) is 5.15. The largest absolute Gasteiger partial charge is 0.383 e. The van der Waals surface area contributed by atoms with Crippen LogP contribution in [0.15, 0.2) is 24.3 Å². The molecule has 2 atom stereocenters. The van der Waals surface area contributed by atoms with Crippen LogP contribution in [0.1, 0.15) is 12.5 Å². The molecule has 1 aromatic rings. The molecule has 1 rings (SSSR count). The standard InChI is InChI=1S/C11H14N2OS/c1-9(15(2)14)8-13-11-6-4-3-5-10(11)7-12/h3-6,9,13H,8H2,1-2H3. The summed E-state index contributed by atoms with van der Waals surface area (Å²) in [5.74, 6) is 0. The van der Waals surface area contributed by atoms with Crippen LogP contribution in [0.25, 0.3) is 0 Å². The highest BCUT2D eigenvalue weighted by Crippen LogP contribution is 2.13. The van der Waals surface area contributed by atoms with Gasteiger partial charge in [0.2, 0.25) is 0 Å². The van der Waals surface area contributed by atoms with Crippen LogP contribution in [0, 0.1) is 11.3 Å². The SMILES string of the molecule is CC(CNc1ccccc1C#N)S(C)=O. The summed E-state index contributed by atoms with van der Waals surface area (Å²) in [6, 6.07) is 9.42. The van der Waals surface area contributed by atoms with E-state index in [4.69, 9.17) is 5.26 Å². The quantitative estimate of drug-likeness (QED) is 0.844. The van der Waals surface area contributed by atoms with Crippen LogP contribution < -0.4 is 5.32 Å². The highest BCUT2D eigenvalue weighted by Gasteiger charge is 2.06. The summed E-state index contributed by atoms with van der Waals surface area (Å²) in [4.78, 5) is 0.